The summed E-state index contributed by atoms with van der Waals surface area (Å²) in [5.74, 6) is 3.15. The maximum absolute atomic E-state index is 12.4. The van der Waals surface area contributed by atoms with Crippen molar-refractivity contribution in [3.63, 3.8) is 0 Å². The molecule has 0 N–H and O–H groups in total. The average molecular weight is 337 g/mol. The van der Waals surface area contributed by atoms with Crippen molar-refractivity contribution in [2.24, 2.45) is 5.92 Å². The number of piperazine rings is 1. The summed E-state index contributed by atoms with van der Waals surface area (Å²) in [5, 5.41) is 0. The molecule has 2 fully saturated rings. The van der Waals surface area contributed by atoms with Crippen molar-refractivity contribution in [2.45, 2.75) is 19.3 Å². The van der Waals surface area contributed by atoms with Crippen molar-refractivity contribution in [1.82, 2.24) is 9.88 Å². The Morgan fingerprint density at radius 2 is 1.88 bits per heavy atom. The molecule has 4 rings (SSSR count). The van der Waals surface area contributed by atoms with Gasteiger partial charge in [-0.25, -0.2) is 0 Å². The van der Waals surface area contributed by atoms with Gasteiger partial charge in [0.1, 0.15) is 11.5 Å². The Morgan fingerprint density at radius 1 is 1.16 bits per heavy atom. The van der Waals surface area contributed by atoms with Crippen molar-refractivity contribution in [2.75, 3.05) is 31.1 Å². The van der Waals surface area contributed by atoms with Gasteiger partial charge in [-0.1, -0.05) is 6.92 Å². The zero-order chi connectivity index (χ0) is 17.2. The summed E-state index contributed by atoms with van der Waals surface area (Å²) in [4.78, 5) is 20.6. The number of rotatable bonds is 4. The predicted molar refractivity (Wildman–Crippen MR) is 97.3 cm³/mol. The largest absolute Gasteiger partial charge is 0.461 e. The molecule has 130 valence electrons. The molecule has 1 saturated heterocycles. The molecule has 2 aromatic rings. The summed E-state index contributed by atoms with van der Waals surface area (Å²) < 4.78 is 5.82. The first kappa shape index (κ1) is 15.9. The van der Waals surface area contributed by atoms with Crippen LogP contribution in [-0.2, 0) is 4.79 Å². The van der Waals surface area contributed by atoms with Crippen molar-refractivity contribution < 1.29 is 9.21 Å². The lowest BCUT2D eigenvalue weighted by atomic mass is 10.2. The van der Waals surface area contributed by atoms with Crippen LogP contribution in [0.15, 0.2) is 47.2 Å². The molecule has 1 amide bonds. The summed E-state index contributed by atoms with van der Waals surface area (Å²) in [6.45, 7) is 5.38. The van der Waals surface area contributed by atoms with E-state index in [0.717, 1.165) is 49.3 Å². The van der Waals surface area contributed by atoms with E-state index < -0.39 is 0 Å². The molecule has 2 atom stereocenters. The molecule has 0 aromatic carbocycles. The summed E-state index contributed by atoms with van der Waals surface area (Å²) in [6.07, 6.45) is 8.22. The number of hydrogen-bond acceptors (Lipinski definition) is 4. The minimum absolute atomic E-state index is 0.0483. The minimum atomic E-state index is 0.0483. The van der Waals surface area contributed by atoms with Crippen LogP contribution in [0.3, 0.4) is 0 Å². The van der Waals surface area contributed by atoms with E-state index in [1.165, 1.54) is 6.42 Å². The third kappa shape index (κ3) is 3.60. The molecule has 2 aromatic heterocycles. The minimum Gasteiger partial charge on any atom is -0.461 e. The summed E-state index contributed by atoms with van der Waals surface area (Å²) >= 11 is 0. The van der Waals surface area contributed by atoms with Crippen molar-refractivity contribution >= 4 is 17.7 Å². The second-order valence-corrected chi connectivity index (χ2v) is 6.91. The number of aromatic nitrogens is 1. The van der Waals surface area contributed by atoms with Gasteiger partial charge in [0.15, 0.2) is 0 Å². The van der Waals surface area contributed by atoms with Gasteiger partial charge in [-0.2, -0.15) is 0 Å². The first-order chi connectivity index (χ1) is 12.2. The van der Waals surface area contributed by atoms with Crippen molar-refractivity contribution in [3.8, 4) is 0 Å². The maximum Gasteiger partial charge on any atom is 0.246 e. The van der Waals surface area contributed by atoms with E-state index in [4.69, 9.17) is 4.42 Å². The third-order valence-electron chi connectivity index (χ3n) is 5.13. The van der Waals surface area contributed by atoms with Gasteiger partial charge >= 0.3 is 0 Å². The zero-order valence-electron chi connectivity index (χ0n) is 14.5. The number of pyridine rings is 1. The fourth-order valence-corrected chi connectivity index (χ4v) is 3.37. The molecule has 1 aliphatic carbocycles. The van der Waals surface area contributed by atoms with Gasteiger partial charge in [-0.3, -0.25) is 9.78 Å². The quantitative estimate of drug-likeness (QED) is 0.804. The lowest BCUT2D eigenvalue weighted by Crippen LogP contribution is -2.48. The van der Waals surface area contributed by atoms with Crippen LogP contribution in [0.4, 0.5) is 5.69 Å². The lowest BCUT2D eigenvalue weighted by molar-refractivity contribution is -0.126. The molecular weight excluding hydrogens is 314 g/mol. The van der Waals surface area contributed by atoms with Crippen LogP contribution in [0.5, 0.6) is 0 Å². The fraction of sp³-hybridized carbons (Fsp3) is 0.400. The van der Waals surface area contributed by atoms with E-state index in [0.29, 0.717) is 5.92 Å². The van der Waals surface area contributed by atoms with Gasteiger partial charge in [0.25, 0.3) is 0 Å². The summed E-state index contributed by atoms with van der Waals surface area (Å²) in [5.41, 5.74) is 1.16. The SMILES string of the molecule is CC1CC1c1ccc(/C=C/C(=O)N2CCN(c3ccncc3)CC2)o1. The molecular formula is C20H23N3O2. The van der Waals surface area contributed by atoms with Crippen LogP contribution in [0.25, 0.3) is 6.08 Å². The normalized spacial score (nSPS) is 23.2. The maximum atomic E-state index is 12.4. The number of amides is 1. The predicted octanol–water partition coefficient (Wildman–Crippen LogP) is 3.16. The van der Waals surface area contributed by atoms with E-state index in [2.05, 4.69) is 16.8 Å². The highest BCUT2D eigenvalue weighted by Crippen LogP contribution is 2.47. The highest BCUT2D eigenvalue weighted by atomic mass is 16.3. The van der Waals surface area contributed by atoms with Crippen LogP contribution >= 0.6 is 0 Å². The molecule has 0 bridgehead atoms. The van der Waals surface area contributed by atoms with E-state index in [1.807, 2.05) is 29.2 Å². The van der Waals surface area contributed by atoms with Gasteiger partial charge in [-0.05, 0) is 42.7 Å². The van der Waals surface area contributed by atoms with Crippen LogP contribution in [-0.4, -0.2) is 42.0 Å². The molecule has 2 aliphatic rings. The third-order valence-corrected chi connectivity index (χ3v) is 5.13. The second-order valence-electron chi connectivity index (χ2n) is 6.91. The Morgan fingerprint density at radius 3 is 2.56 bits per heavy atom. The number of anilines is 1. The first-order valence-corrected chi connectivity index (χ1v) is 8.92. The Kier molecular flexibility index (Phi) is 4.30. The van der Waals surface area contributed by atoms with Gasteiger partial charge in [-0.15, -0.1) is 0 Å². The van der Waals surface area contributed by atoms with Crippen molar-refractivity contribution in [1.29, 1.82) is 0 Å². The van der Waals surface area contributed by atoms with E-state index in [-0.39, 0.29) is 5.91 Å². The number of carbonyl (C=O) groups is 1. The molecule has 25 heavy (non-hydrogen) atoms. The molecule has 5 heteroatoms. The lowest BCUT2D eigenvalue weighted by Gasteiger charge is -2.35. The molecule has 5 nitrogen and oxygen atoms in total. The van der Waals surface area contributed by atoms with Gasteiger partial charge in [0.2, 0.25) is 5.91 Å². The fourth-order valence-electron chi connectivity index (χ4n) is 3.37. The molecule has 3 heterocycles. The van der Waals surface area contributed by atoms with Gasteiger partial charge < -0.3 is 14.2 Å². The topological polar surface area (TPSA) is 49.6 Å². The van der Waals surface area contributed by atoms with Crippen LogP contribution in [0.1, 0.15) is 30.8 Å². The van der Waals surface area contributed by atoms with Crippen LogP contribution in [0, 0.1) is 5.92 Å². The van der Waals surface area contributed by atoms with Crippen LogP contribution in [0.2, 0.25) is 0 Å². The summed E-state index contributed by atoms with van der Waals surface area (Å²) in [6, 6.07) is 8.00. The van der Waals surface area contributed by atoms with Crippen molar-refractivity contribution in [3.05, 3.63) is 54.3 Å². The standard InChI is InChI=1S/C20H23N3O2/c1-15-14-18(15)19-4-2-17(25-19)3-5-20(24)23-12-10-22(11-13-23)16-6-8-21-9-7-16/h2-9,15,18H,10-14H2,1H3/b5-3+. The number of nitrogens with zero attached hydrogens (tertiary/aromatic N) is 3. The Hall–Kier alpha value is -2.56. The van der Waals surface area contributed by atoms with Gasteiger partial charge in [0, 0.05) is 56.3 Å². The number of hydrogen-bond donors (Lipinski definition) is 0. The Labute approximate surface area is 147 Å². The number of furan rings is 1. The average Bonchev–Trinajstić information content (AvgIpc) is 3.20. The highest BCUT2D eigenvalue weighted by Gasteiger charge is 2.36. The van der Waals surface area contributed by atoms with E-state index in [1.54, 1.807) is 24.5 Å². The smallest absolute Gasteiger partial charge is 0.246 e. The first-order valence-electron chi connectivity index (χ1n) is 8.92. The Balaban J connectivity index is 1.31. The monoisotopic (exact) mass is 337 g/mol. The Bertz CT molecular complexity index is 760. The molecule has 2 unspecified atom stereocenters. The zero-order valence-corrected chi connectivity index (χ0v) is 14.5. The summed E-state index contributed by atoms with van der Waals surface area (Å²) in [7, 11) is 0. The van der Waals surface area contributed by atoms with E-state index >= 15 is 0 Å². The van der Waals surface area contributed by atoms with Gasteiger partial charge in [0.05, 0.1) is 0 Å². The van der Waals surface area contributed by atoms with Crippen LogP contribution < -0.4 is 4.90 Å². The molecule has 0 spiro atoms. The molecule has 1 saturated carbocycles. The second kappa shape index (κ2) is 6.75. The molecule has 1 aliphatic heterocycles. The highest BCUT2D eigenvalue weighted by molar-refractivity contribution is 5.91. The number of carbonyl (C=O) groups excluding carboxylic acids is 1. The molecule has 0 radical (unpaired) electrons. The van der Waals surface area contributed by atoms with E-state index in [9.17, 15) is 4.79 Å².